The van der Waals surface area contributed by atoms with Gasteiger partial charge in [-0.3, -0.25) is 0 Å². The van der Waals surface area contributed by atoms with E-state index in [2.05, 4.69) is 17.2 Å². The van der Waals surface area contributed by atoms with Crippen molar-refractivity contribution in [1.29, 1.82) is 0 Å². The average molecular weight is 252 g/mol. The third kappa shape index (κ3) is 4.92. The molecule has 0 saturated heterocycles. The number of methoxy groups -OCH3 is 1. The van der Waals surface area contributed by atoms with Crippen LogP contribution in [0.15, 0.2) is 18.3 Å². The molecule has 1 aromatic rings. The summed E-state index contributed by atoms with van der Waals surface area (Å²) in [5, 5.41) is 3.39. The maximum absolute atomic E-state index is 5.74. The molecule has 0 aromatic carbocycles. The Morgan fingerprint density at radius 2 is 2.17 bits per heavy atom. The molecular weight excluding hydrogens is 228 g/mol. The van der Waals surface area contributed by atoms with Crippen molar-refractivity contribution in [3.63, 3.8) is 0 Å². The van der Waals surface area contributed by atoms with Crippen LogP contribution in [0.1, 0.15) is 33.6 Å². The van der Waals surface area contributed by atoms with Crippen LogP contribution in [-0.4, -0.2) is 30.8 Å². The zero-order chi connectivity index (χ0) is 13.4. The Morgan fingerprint density at radius 1 is 1.39 bits per heavy atom. The zero-order valence-corrected chi connectivity index (χ0v) is 11.8. The Balaban J connectivity index is 2.74. The topological polar surface area (TPSA) is 43.4 Å². The monoisotopic (exact) mass is 252 g/mol. The third-order valence-electron chi connectivity index (χ3n) is 2.48. The Bertz CT molecular complexity index is 336. The second-order valence-corrected chi connectivity index (χ2v) is 4.60. The molecule has 0 bridgehead atoms. The van der Waals surface area contributed by atoms with Crippen molar-refractivity contribution < 1.29 is 9.47 Å². The van der Waals surface area contributed by atoms with E-state index in [1.807, 2.05) is 26.0 Å². The number of ether oxygens (including phenoxy) is 2. The van der Waals surface area contributed by atoms with Crippen LogP contribution in [0.5, 0.6) is 5.75 Å². The van der Waals surface area contributed by atoms with Crippen molar-refractivity contribution in [2.45, 2.75) is 45.8 Å². The van der Waals surface area contributed by atoms with Crippen LogP contribution in [0.3, 0.4) is 0 Å². The fourth-order valence-electron chi connectivity index (χ4n) is 1.79. The Morgan fingerprint density at radius 3 is 2.78 bits per heavy atom. The lowest BCUT2D eigenvalue weighted by Gasteiger charge is -2.20. The zero-order valence-electron chi connectivity index (χ0n) is 11.8. The van der Waals surface area contributed by atoms with E-state index in [1.165, 1.54) is 0 Å². The molecule has 4 heteroatoms. The fraction of sp³-hybridized carbons (Fsp3) is 0.643. The first kappa shape index (κ1) is 14.8. The molecule has 0 aliphatic carbocycles. The summed E-state index contributed by atoms with van der Waals surface area (Å²) in [4.78, 5) is 4.34. The van der Waals surface area contributed by atoms with Gasteiger partial charge < -0.3 is 14.8 Å². The lowest BCUT2D eigenvalue weighted by Crippen LogP contribution is -2.25. The van der Waals surface area contributed by atoms with Gasteiger partial charge in [0, 0.05) is 13.3 Å². The quantitative estimate of drug-likeness (QED) is 0.772. The summed E-state index contributed by atoms with van der Waals surface area (Å²) in [6.07, 6.45) is 4.06. The Labute approximate surface area is 110 Å². The van der Waals surface area contributed by atoms with Crippen LogP contribution in [0.2, 0.25) is 0 Å². The molecule has 1 N–H and O–H groups in total. The van der Waals surface area contributed by atoms with Gasteiger partial charge in [-0.1, -0.05) is 13.3 Å². The largest absolute Gasteiger partial charge is 0.487 e. The van der Waals surface area contributed by atoms with Crippen LogP contribution in [0.4, 0.5) is 5.82 Å². The minimum atomic E-state index is 0.141. The smallest absolute Gasteiger partial charge is 0.169 e. The molecule has 0 radical (unpaired) electrons. The van der Waals surface area contributed by atoms with Crippen molar-refractivity contribution in [2.24, 2.45) is 0 Å². The van der Waals surface area contributed by atoms with Gasteiger partial charge in [-0.15, -0.1) is 0 Å². The highest BCUT2D eigenvalue weighted by atomic mass is 16.5. The highest BCUT2D eigenvalue weighted by Crippen LogP contribution is 2.23. The van der Waals surface area contributed by atoms with E-state index in [9.17, 15) is 0 Å². The maximum Gasteiger partial charge on any atom is 0.169 e. The first-order chi connectivity index (χ1) is 8.67. The van der Waals surface area contributed by atoms with Crippen LogP contribution in [0, 0.1) is 0 Å². The lowest BCUT2D eigenvalue weighted by atomic mass is 10.2. The van der Waals surface area contributed by atoms with E-state index >= 15 is 0 Å². The molecule has 18 heavy (non-hydrogen) atoms. The lowest BCUT2D eigenvalue weighted by molar-refractivity contribution is 0.182. The van der Waals surface area contributed by atoms with Crippen LogP contribution >= 0.6 is 0 Å². The number of pyridine rings is 1. The van der Waals surface area contributed by atoms with E-state index < -0.39 is 0 Å². The first-order valence-electron chi connectivity index (χ1n) is 6.54. The molecule has 0 fully saturated rings. The molecule has 1 unspecified atom stereocenters. The fourth-order valence-corrected chi connectivity index (χ4v) is 1.79. The third-order valence-corrected chi connectivity index (χ3v) is 2.48. The highest BCUT2D eigenvalue weighted by molar-refractivity contribution is 5.50. The van der Waals surface area contributed by atoms with Crippen molar-refractivity contribution >= 4 is 5.82 Å². The van der Waals surface area contributed by atoms with E-state index in [0.29, 0.717) is 6.61 Å². The Hall–Kier alpha value is -1.29. The van der Waals surface area contributed by atoms with Crippen molar-refractivity contribution in [1.82, 2.24) is 4.98 Å². The van der Waals surface area contributed by atoms with Gasteiger partial charge in [0.15, 0.2) is 11.6 Å². The summed E-state index contributed by atoms with van der Waals surface area (Å²) in [6.45, 7) is 6.85. The van der Waals surface area contributed by atoms with Gasteiger partial charge in [0.2, 0.25) is 0 Å². The van der Waals surface area contributed by atoms with Crippen molar-refractivity contribution in [3.05, 3.63) is 18.3 Å². The minimum Gasteiger partial charge on any atom is -0.487 e. The number of anilines is 1. The number of hydrogen-bond donors (Lipinski definition) is 1. The maximum atomic E-state index is 5.74. The van der Waals surface area contributed by atoms with E-state index in [4.69, 9.17) is 9.47 Å². The summed E-state index contributed by atoms with van der Waals surface area (Å²) in [5.74, 6) is 1.59. The standard InChI is InChI=1S/C14H24N2O2/c1-5-7-12(10-17-4)16-14-13(18-11(2)3)8-6-9-15-14/h6,8-9,11-12H,5,7,10H2,1-4H3,(H,15,16). The molecule has 1 atom stereocenters. The summed E-state index contributed by atoms with van der Waals surface area (Å²) in [5.41, 5.74) is 0. The van der Waals surface area contributed by atoms with Gasteiger partial charge in [0.25, 0.3) is 0 Å². The molecule has 0 aliphatic rings. The first-order valence-corrected chi connectivity index (χ1v) is 6.54. The molecule has 1 aromatic heterocycles. The molecule has 0 saturated carbocycles. The molecule has 102 valence electrons. The Kier molecular flexibility index (Phi) is 6.50. The van der Waals surface area contributed by atoms with E-state index in [0.717, 1.165) is 24.4 Å². The SMILES string of the molecule is CCCC(COC)Nc1ncccc1OC(C)C. The van der Waals surface area contributed by atoms with Gasteiger partial charge in [0.1, 0.15) is 0 Å². The normalized spacial score (nSPS) is 12.5. The van der Waals surface area contributed by atoms with Crippen LogP contribution in [0.25, 0.3) is 0 Å². The summed E-state index contributed by atoms with van der Waals surface area (Å²) < 4.78 is 11.0. The van der Waals surface area contributed by atoms with Crippen molar-refractivity contribution in [3.8, 4) is 5.75 Å². The second-order valence-electron chi connectivity index (χ2n) is 4.60. The summed E-state index contributed by atoms with van der Waals surface area (Å²) in [7, 11) is 1.72. The second kappa shape index (κ2) is 7.93. The van der Waals surface area contributed by atoms with E-state index in [1.54, 1.807) is 13.3 Å². The van der Waals surface area contributed by atoms with Gasteiger partial charge in [-0.05, 0) is 32.4 Å². The predicted octanol–water partition coefficient (Wildman–Crippen LogP) is 3.10. The molecule has 0 spiro atoms. The number of hydrogen-bond acceptors (Lipinski definition) is 4. The van der Waals surface area contributed by atoms with E-state index in [-0.39, 0.29) is 12.1 Å². The predicted molar refractivity (Wildman–Crippen MR) is 74.2 cm³/mol. The highest BCUT2D eigenvalue weighted by Gasteiger charge is 2.12. The van der Waals surface area contributed by atoms with Gasteiger partial charge in [-0.2, -0.15) is 0 Å². The van der Waals surface area contributed by atoms with Crippen LogP contribution in [-0.2, 0) is 4.74 Å². The number of nitrogens with zero attached hydrogens (tertiary/aromatic N) is 1. The van der Waals surface area contributed by atoms with Crippen molar-refractivity contribution in [2.75, 3.05) is 19.0 Å². The van der Waals surface area contributed by atoms with Gasteiger partial charge in [0.05, 0.1) is 18.8 Å². The van der Waals surface area contributed by atoms with Gasteiger partial charge in [-0.25, -0.2) is 4.98 Å². The average Bonchev–Trinajstić information content (AvgIpc) is 2.31. The summed E-state index contributed by atoms with van der Waals surface area (Å²) >= 11 is 0. The molecular formula is C14H24N2O2. The number of nitrogens with one attached hydrogen (secondary N) is 1. The molecule has 1 rings (SSSR count). The molecule has 0 aliphatic heterocycles. The van der Waals surface area contributed by atoms with Crippen LogP contribution < -0.4 is 10.1 Å². The number of rotatable bonds is 8. The molecule has 0 amide bonds. The van der Waals surface area contributed by atoms with Gasteiger partial charge >= 0.3 is 0 Å². The number of aromatic nitrogens is 1. The summed E-state index contributed by atoms with van der Waals surface area (Å²) in [6, 6.07) is 4.09. The molecule has 4 nitrogen and oxygen atoms in total. The molecule has 1 heterocycles. The minimum absolute atomic E-state index is 0.141.